The number of nitrogens with zero attached hydrogens (tertiary/aromatic N) is 2. The van der Waals surface area contributed by atoms with Crippen LogP contribution in [0.25, 0.3) is 11.3 Å². The Morgan fingerprint density at radius 1 is 1.32 bits per heavy atom. The number of rotatable bonds is 6. The van der Waals surface area contributed by atoms with E-state index < -0.39 is 0 Å². The molecule has 0 radical (unpaired) electrons. The van der Waals surface area contributed by atoms with Crippen molar-refractivity contribution in [2.45, 2.75) is 33.4 Å². The minimum atomic E-state index is -0.0714. The van der Waals surface area contributed by atoms with Gasteiger partial charge >= 0.3 is 0 Å². The largest absolute Gasteiger partial charge is 0.494 e. The molecule has 0 aliphatic heterocycles. The maximum absolute atomic E-state index is 12.2. The van der Waals surface area contributed by atoms with Gasteiger partial charge in [0, 0.05) is 30.8 Å². The van der Waals surface area contributed by atoms with Crippen LogP contribution in [0.15, 0.2) is 35.1 Å². The van der Waals surface area contributed by atoms with Crippen LogP contribution in [-0.2, 0) is 13.6 Å². The van der Waals surface area contributed by atoms with Gasteiger partial charge in [-0.1, -0.05) is 26.0 Å². The molecule has 118 valence electrons. The molecule has 1 N–H and O–H groups in total. The maximum Gasteiger partial charge on any atom is 0.271 e. The summed E-state index contributed by atoms with van der Waals surface area (Å²) in [7, 11) is 1.68. The number of hydrogen-bond donors (Lipinski definition) is 1. The maximum atomic E-state index is 12.2. The average Bonchev–Trinajstić information content (AvgIpc) is 2.49. The molecule has 1 heterocycles. The van der Waals surface area contributed by atoms with E-state index in [1.807, 2.05) is 37.3 Å². The number of ether oxygens (including phenoxy) is 1. The zero-order valence-electron chi connectivity index (χ0n) is 13.6. The summed E-state index contributed by atoms with van der Waals surface area (Å²) in [6.45, 7) is 7.21. The quantitative estimate of drug-likeness (QED) is 0.890. The Kier molecular flexibility index (Phi) is 5.33. The van der Waals surface area contributed by atoms with Crippen molar-refractivity contribution in [2.24, 2.45) is 7.05 Å². The summed E-state index contributed by atoms with van der Waals surface area (Å²) in [5.41, 5.74) is 2.34. The van der Waals surface area contributed by atoms with E-state index in [1.165, 1.54) is 4.68 Å². The molecule has 0 spiro atoms. The molecule has 0 unspecified atom stereocenters. The summed E-state index contributed by atoms with van der Waals surface area (Å²) < 4.78 is 6.91. The highest BCUT2D eigenvalue weighted by Gasteiger charge is 2.09. The highest BCUT2D eigenvalue weighted by Crippen LogP contribution is 2.22. The summed E-state index contributed by atoms with van der Waals surface area (Å²) in [6.07, 6.45) is 0. The van der Waals surface area contributed by atoms with Crippen molar-refractivity contribution in [1.82, 2.24) is 15.1 Å². The second-order valence-corrected chi connectivity index (χ2v) is 5.48. The standard InChI is InChI=1S/C17H23N3O2/c1-5-22-15-8-6-7-13(9-15)16-10-14(11-18-12(2)3)17(21)20(4)19-16/h6-10,12,18H,5,11H2,1-4H3. The summed E-state index contributed by atoms with van der Waals surface area (Å²) in [6, 6.07) is 9.92. The number of hydrogen-bond acceptors (Lipinski definition) is 4. The summed E-state index contributed by atoms with van der Waals surface area (Å²) in [5, 5.41) is 7.63. The molecule has 2 rings (SSSR count). The monoisotopic (exact) mass is 301 g/mol. The van der Waals surface area contributed by atoms with Gasteiger partial charge in [0.2, 0.25) is 0 Å². The van der Waals surface area contributed by atoms with Gasteiger partial charge in [0.25, 0.3) is 5.56 Å². The SMILES string of the molecule is CCOc1cccc(-c2cc(CNC(C)C)c(=O)n(C)n2)c1. The van der Waals surface area contributed by atoms with E-state index >= 15 is 0 Å². The van der Waals surface area contributed by atoms with Gasteiger partial charge in [0.05, 0.1) is 12.3 Å². The van der Waals surface area contributed by atoms with Gasteiger partial charge in [-0.2, -0.15) is 5.10 Å². The molecule has 2 aromatic rings. The van der Waals surface area contributed by atoms with Crippen molar-refractivity contribution >= 4 is 0 Å². The van der Waals surface area contributed by atoms with Crippen LogP contribution in [0.5, 0.6) is 5.75 Å². The van der Waals surface area contributed by atoms with Crippen molar-refractivity contribution in [3.8, 4) is 17.0 Å². The van der Waals surface area contributed by atoms with Gasteiger partial charge in [-0.25, -0.2) is 4.68 Å². The molecular weight excluding hydrogens is 278 g/mol. The number of benzene rings is 1. The van der Waals surface area contributed by atoms with Crippen LogP contribution < -0.4 is 15.6 Å². The van der Waals surface area contributed by atoms with Crippen LogP contribution >= 0.6 is 0 Å². The zero-order chi connectivity index (χ0) is 16.1. The Morgan fingerprint density at radius 3 is 2.77 bits per heavy atom. The van der Waals surface area contributed by atoms with Crippen LogP contribution in [-0.4, -0.2) is 22.4 Å². The fourth-order valence-electron chi connectivity index (χ4n) is 2.16. The number of nitrogens with one attached hydrogen (secondary N) is 1. The molecule has 5 nitrogen and oxygen atoms in total. The molecule has 0 aliphatic carbocycles. The first-order chi connectivity index (χ1) is 10.5. The molecule has 1 aromatic heterocycles. The topological polar surface area (TPSA) is 56.1 Å². The van der Waals surface area contributed by atoms with E-state index in [0.717, 1.165) is 17.0 Å². The lowest BCUT2D eigenvalue weighted by Crippen LogP contribution is -2.30. The van der Waals surface area contributed by atoms with E-state index in [2.05, 4.69) is 24.3 Å². The molecule has 0 fully saturated rings. The first-order valence-corrected chi connectivity index (χ1v) is 7.55. The molecule has 1 aromatic carbocycles. The Hall–Kier alpha value is -2.14. The third-order valence-electron chi connectivity index (χ3n) is 3.28. The second kappa shape index (κ2) is 7.22. The smallest absolute Gasteiger partial charge is 0.271 e. The molecule has 0 bridgehead atoms. The fourth-order valence-corrected chi connectivity index (χ4v) is 2.16. The van der Waals surface area contributed by atoms with Gasteiger partial charge in [-0.3, -0.25) is 4.79 Å². The fraction of sp³-hybridized carbons (Fsp3) is 0.412. The highest BCUT2D eigenvalue weighted by atomic mass is 16.5. The van der Waals surface area contributed by atoms with Gasteiger partial charge in [0.1, 0.15) is 5.75 Å². The second-order valence-electron chi connectivity index (χ2n) is 5.48. The van der Waals surface area contributed by atoms with Gasteiger partial charge in [0.15, 0.2) is 0 Å². The first-order valence-electron chi connectivity index (χ1n) is 7.55. The predicted molar refractivity (Wildman–Crippen MR) is 88.1 cm³/mol. The summed E-state index contributed by atoms with van der Waals surface area (Å²) in [5.74, 6) is 0.803. The van der Waals surface area contributed by atoms with Crippen molar-refractivity contribution in [1.29, 1.82) is 0 Å². The third-order valence-corrected chi connectivity index (χ3v) is 3.28. The van der Waals surface area contributed by atoms with E-state index in [0.29, 0.717) is 24.8 Å². The molecule has 0 aliphatic rings. The molecule has 0 saturated heterocycles. The lowest BCUT2D eigenvalue weighted by Gasteiger charge is -2.11. The molecule has 0 amide bonds. The van der Waals surface area contributed by atoms with Crippen LogP contribution in [0.1, 0.15) is 26.3 Å². The van der Waals surface area contributed by atoms with Crippen LogP contribution in [0, 0.1) is 0 Å². The van der Waals surface area contributed by atoms with Gasteiger partial charge < -0.3 is 10.1 Å². The Labute approximate surface area is 130 Å². The Balaban J connectivity index is 2.39. The van der Waals surface area contributed by atoms with Crippen molar-refractivity contribution in [3.05, 3.63) is 46.2 Å². The van der Waals surface area contributed by atoms with E-state index in [9.17, 15) is 4.79 Å². The molecular formula is C17H23N3O2. The third kappa shape index (κ3) is 3.95. The minimum absolute atomic E-state index is 0.0714. The predicted octanol–water partition coefficient (Wildman–Crippen LogP) is 2.34. The number of aromatic nitrogens is 2. The van der Waals surface area contributed by atoms with Crippen LogP contribution in [0.2, 0.25) is 0 Å². The first kappa shape index (κ1) is 16.2. The molecule has 5 heteroatoms. The highest BCUT2D eigenvalue weighted by molar-refractivity contribution is 5.61. The average molecular weight is 301 g/mol. The van der Waals surface area contributed by atoms with E-state index in [1.54, 1.807) is 7.05 Å². The van der Waals surface area contributed by atoms with Crippen LogP contribution in [0.3, 0.4) is 0 Å². The lowest BCUT2D eigenvalue weighted by molar-refractivity contribution is 0.340. The normalized spacial score (nSPS) is 11.0. The number of aryl methyl sites for hydroxylation is 1. The van der Waals surface area contributed by atoms with Crippen molar-refractivity contribution < 1.29 is 4.74 Å². The van der Waals surface area contributed by atoms with E-state index in [-0.39, 0.29) is 5.56 Å². The van der Waals surface area contributed by atoms with Crippen molar-refractivity contribution in [2.75, 3.05) is 6.61 Å². The van der Waals surface area contributed by atoms with Crippen molar-refractivity contribution in [3.63, 3.8) is 0 Å². The summed E-state index contributed by atoms with van der Waals surface area (Å²) >= 11 is 0. The van der Waals surface area contributed by atoms with Crippen LogP contribution in [0.4, 0.5) is 0 Å². The van der Waals surface area contributed by atoms with E-state index in [4.69, 9.17) is 4.74 Å². The Bertz CT molecular complexity index is 693. The van der Waals surface area contributed by atoms with Gasteiger partial charge in [-0.05, 0) is 25.1 Å². The molecule has 0 saturated carbocycles. The zero-order valence-corrected chi connectivity index (χ0v) is 13.6. The molecule has 0 atom stereocenters. The van der Waals surface area contributed by atoms with Gasteiger partial charge in [-0.15, -0.1) is 0 Å². The summed E-state index contributed by atoms with van der Waals surface area (Å²) in [4.78, 5) is 12.2. The minimum Gasteiger partial charge on any atom is -0.494 e. The molecule has 22 heavy (non-hydrogen) atoms. The Morgan fingerprint density at radius 2 is 2.09 bits per heavy atom. The lowest BCUT2D eigenvalue weighted by atomic mass is 10.1.